The van der Waals surface area contributed by atoms with Crippen LogP contribution in [0.3, 0.4) is 0 Å². The van der Waals surface area contributed by atoms with Crippen LogP contribution >= 0.6 is 0 Å². The summed E-state index contributed by atoms with van der Waals surface area (Å²) < 4.78 is 0. The van der Waals surface area contributed by atoms with E-state index in [2.05, 4.69) is 10.6 Å². The number of hydrogen-bond acceptors (Lipinski definition) is 4. The summed E-state index contributed by atoms with van der Waals surface area (Å²) in [6, 6.07) is 4.97. The van der Waals surface area contributed by atoms with Gasteiger partial charge in [0.1, 0.15) is 6.04 Å². The second-order valence-corrected chi connectivity index (χ2v) is 4.45. The van der Waals surface area contributed by atoms with Crippen LogP contribution in [-0.2, 0) is 14.4 Å². The molecule has 1 rings (SSSR count). The molecule has 7 heteroatoms. The average Bonchev–Trinajstić information content (AvgIpc) is 2.37. The smallest absolute Gasteiger partial charge is 0.326 e. The molecular weight excluding hydrogens is 276 g/mol. The lowest BCUT2D eigenvalue weighted by atomic mass is 10.0. The van der Waals surface area contributed by atoms with E-state index in [-0.39, 0.29) is 11.5 Å². The van der Waals surface area contributed by atoms with Crippen LogP contribution in [0.2, 0.25) is 0 Å². The third-order valence-corrected chi connectivity index (χ3v) is 2.60. The number of carbonyl (C=O) groups is 4. The number of carbonyl (C=O) groups excluding carboxylic acids is 3. The number of rotatable bonds is 6. The maximum atomic E-state index is 12.2. The summed E-state index contributed by atoms with van der Waals surface area (Å²) in [5, 5.41) is 13.7. The van der Waals surface area contributed by atoms with Gasteiger partial charge in [0.15, 0.2) is 5.78 Å². The third kappa shape index (κ3) is 5.06. The number of carboxylic acid groups (broad SMARTS) is 1. The lowest BCUT2D eigenvalue weighted by molar-refractivity contribution is -0.141. The molecule has 0 saturated carbocycles. The number of benzene rings is 1. The molecule has 0 unspecified atom stereocenters. The summed E-state index contributed by atoms with van der Waals surface area (Å²) in [6.07, 6.45) is -0.397. The molecule has 112 valence electrons. The molecule has 1 atom stereocenters. The lowest BCUT2D eigenvalue weighted by Gasteiger charge is -2.14. The number of anilines is 1. The number of para-hydroxylation sites is 1. The van der Waals surface area contributed by atoms with Gasteiger partial charge in [-0.1, -0.05) is 12.1 Å². The van der Waals surface area contributed by atoms with E-state index >= 15 is 0 Å². The van der Waals surface area contributed by atoms with Crippen LogP contribution in [0.4, 0.5) is 5.69 Å². The van der Waals surface area contributed by atoms with Gasteiger partial charge in [0.25, 0.3) is 0 Å². The molecule has 7 nitrogen and oxygen atoms in total. The number of carboxylic acids is 1. The highest BCUT2D eigenvalue weighted by Gasteiger charge is 2.24. The van der Waals surface area contributed by atoms with Crippen LogP contribution in [-0.4, -0.2) is 34.7 Å². The fourth-order valence-electron chi connectivity index (χ4n) is 1.77. The Morgan fingerprint density at radius 3 is 2.24 bits per heavy atom. The molecule has 0 bridgehead atoms. The SMILES string of the molecule is CC(=O)Nc1ccccc1C(=O)C[C@H](NC(C)=O)C(=O)O. The van der Waals surface area contributed by atoms with E-state index in [1.54, 1.807) is 18.2 Å². The van der Waals surface area contributed by atoms with Crippen molar-refractivity contribution < 1.29 is 24.3 Å². The summed E-state index contributed by atoms with van der Waals surface area (Å²) >= 11 is 0. The molecular formula is C14H16N2O5. The van der Waals surface area contributed by atoms with E-state index in [4.69, 9.17) is 5.11 Å². The number of Topliss-reactive ketones (excluding diaryl/α,β-unsaturated/α-hetero) is 1. The Morgan fingerprint density at radius 2 is 1.71 bits per heavy atom. The molecule has 0 saturated heterocycles. The Labute approximate surface area is 121 Å². The molecule has 0 aliphatic heterocycles. The predicted molar refractivity (Wildman–Crippen MR) is 74.9 cm³/mol. The summed E-state index contributed by atoms with van der Waals surface area (Å²) in [4.78, 5) is 45.2. The van der Waals surface area contributed by atoms with E-state index in [0.717, 1.165) is 0 Å². The zero-order valence-corrected chi connectivity index (χ0v) is 11.7. The molecule has 1 aromatic rings. The number of hydrogen-bond donors (Lipinski definition) is 3. The largest absolute Gasteiger partial charge is 0.480 e. The van der Waals surface area contributed by atoms with Crippen molar-refractivity contribution in [3.63, 3.8) is 0 Å². The minimum absolute atomic E-state index is 0.198. The molecule has 0 radical (unpaired) electrons. The van der Waals surface area contributed by atoms with E-state index in [0.29, 0.717) is 5.69 Å². The van der Waals surface area contributed by atoms with Gasteiger partial charge in [-0.05, 0) is 12.1 Å². The molecule has 0 heterocycles. The molecule has 0 fully saturated rings. The van der Waals surface area contributed by atoms with E-state index in [1.807, 2.05) is 0 Å². The Balaban J connectivity index is 2.94. The van der Waals surface area contributed by atoms with Gasteiger partial charge in [-0.3, -0.25) is 14.4 Å². The van der Waals surface area contributed by atoms with Crippen molar-refractivity contribution in [1.82, 2.24) is 5.32 Å². The normalized spacial score (nSPS) is 11.3. The molecule has 1 aromatic carbocycles. The maximum Gasteiger partial charge on any atom is 0.326 e. The van der Waals surface area contributed by atoms with Crippen molar-refractivity contribution in [3.8, 4) is 0 Å². The zero-order valence-electron chi connectivity index (χ0n) is 11.7. The molecule has 0 aliphatic rings. The van der Waals surface area contributed by atoms with Gasteiger partial charge < -0.3 is 15.7 Å². The Kier molecular flexibility index (Phi) is 5.59. The summed E-state index contributed by atoms with van der Waals surface area (Å²) in [5.74, 6) is -2.66. The standard InChI is InChI=1S/C14H16N2O5/c1-8(17)15-11-6-4-3-5-10(11)13(19)7-12(14(20)21)16-9(2)18/h3-6,12H,7H2,1-2H3,(H,15,17)(H,16,18)(H,20,21)/t12-/m0/s1. The van der Waals surface area contributed by atoms with Gasteiger partial charge in [-0.25, -0.2) is 4.79 Å². The Hall–Kier alpha value is -2.70. The average molecular weight is 292 g/mol. The van der Waals surface area contributed by atoms with Crippen molar-refractivity contribution in [2.24, 2.45) is 0 Å². The predicted octanol–water partition coefficient (Wildman–Crippen LogP) is 0.807. The topological polar surface area (TPSA) is 113 Å². The second kappa shape index (κ2) is 7.18. The number of amides is 2. The highest BCUT2D eigenvalue weighted by molar-refractivity contribution is 6.06. The monoisotopic (exact) mass is 292 g/mol. The lowest BCUT2D eigenvalue weighted by Crippen LogP contribution is -2.41. The van der Waals surface area contributed by atoms with E-state index in [1.165, 1.54) is 19.9 Å². The molecule has 2 amide bonds. The van der Waals surface area contributed by atoms with Crippen molar-refractivity contribution in [2.75, 3.05) is 5.32 Å². The number of ketones is 1. The third-order valence-electron chi connectivity index (χ3n) is 2.60. The van der Waals surface area contributed by atoms with Gasteiger partial charge >= 0.3 is 5.97 Å². The van der Waals surface area contributed by atoms with E-state index in [9.17, 15) is 19.2 Å². The zero-order chi connectivity index (χ0) is 16.0. The van der Waals surface area contributed by atoms with E-state index < -0.39 is 30.1 Å². The Bertz CT molecular complexity index is 582. The fourth-order valence-corrected chi connectivity index (χ4v) is 1.77. The molecule has 0 aliphatic carbocycles. The Morgan fingerprint density at radius 1 is 1.10 bits per heavy atom. The van der Waals surface area contributed by atoms with Crippen molar-refractivity contribution in [2.45, 2.75) is 26.3 Å². The van der Waals surface area contributed by atoms with Crippen LogP contribution in [0.1, 0.15) is 30.6 Å². The molecule has 0 spiro atoms. The first-order valence-electron chi connectivity index (χ1n) is 6.21. The van der Waals surface area contributed by atoms with Crippen LogP contribution in [0.25, 0.3) is 0 Å². The maximum absolute atomic E-state index is 12.2. The van der Waals surface area contributed by atoms with Gasteiger partial charge in [0.05, 0.1) is 5.69 Å². The van der Waals surface area contributed by atoms with Crippen LogP contribution in [0.15, 0.2) is 24.3 Å². The molecule has 3 N–H and O–H groups in total. The molecule has 0 aromatic heterocycles. The van der Waals surface area contributed by atoms with Crippen molar-refractivity contribution in [3.05, 3.63) is 29.8 Å². The van der Waals surface area contributed by atoms with Crippen LogP contribution in [0, 0.1) is 0 Å². The highest BCUT2D eigenvalue weighted by atomic mass is 16.4. The van der Waals surface area contributed by atoms with Crippen LogP contribution < -0.4 is 10.6 Å². The number of nitrogens with one attached hydrogen (secondary N) is 2. The first-order valence-corrected chi connectivity index (χ1v) is 6.21. The summed E-state index contributed by atoms with van der Waals surface area (Å²) in [5.41, 5.74) is 0.506. The highest BCUT2D eigenvalue weighted by Crippen LogP contribution is 2.17. The second-order valence-electron chi connectivity index (χ2n) is 4.45. The quantitative estimate of drug-likeness (QED) is 0.671. The van der Waals surface area contributed by atoms with Gasteiger partial charge in [0, 0.05) is 25.8 Å². The van der Waals surface area contributed by atoms with Crippen molar-refractivity contribution in [1.29, 1.82) is 0 Å². The van der Waals surface area contributed by atoms with Gasteiger partial charge in [-0.2, -0.15) is 0 Å². The minimum Gasteiger partial charge on any atom is -0.480 e. The first kappa shape index (κ1) is 16.4. The molecule has 21 heavy (non-hydrogen) atoms. The number of aliphatic carboxylic acids is 1. The first-order chi connectivity index (χ1) is 9.81. The van der Waals surface area contributed by atoms with Crippen LogP contribution in [0.5, 0.6) is 0 Å². The fraction of sp³-hybridized carbons (Fsp3) is 0.286. The summed E-state index contributed by atoms with van der Waals surface area (Å²) in [7, 11) is 0. The van der Waals surface area contributed by atoms with Gasteiger partial charge in [0.2, 0.25) is 11.8 Å². The van der Waals surface area contributed by atoms with Crippen molar-refractivity contribution >= 4 is 29.3 Å². The summed E-state index contributed by atoms with van der Waals surface area (Å²) in [6.45, 7) is 2.48. The minimum atomic E-state index is -1.31. The van der Waals surface area contributed by atoms with Gasteiger partial charge in [-0.15, -0.1) is 0 Å².